The van der Waals surface area contributed by atoms with E-state index in [1.54, 1.807) is 11.1 Å². The van der Waals surface area contributed by atoms with Gasteiger partial charge in [-0.25, -0.2) is 0 Å². The van der Waals surface area contributed by atoms with Crippen LogP contribution in [-0.2, 0) is 6.42 Å². The highest BCUT2D eigenvalue weighted by Crippen LogP contribution is 2.33. The molecule has 88 valence electrons. The number of hydrogen-bond donors (Lipinski definition) is 1. The van der Waals surface area contributed by atoms with Gasteiger partial charge >= 0.3 is 0 Å². The molecule has 0 bridgehead atoms. The third-order valence-corrected chi connectivity index (χ3v) is 3.94. The van der Waals surface area contributed by atoms with E-state index in [-0.39, 0.29) is 0 Å². The summed E-state index contributed by atoms with van der Waals surface area (Å²) in [6.45, 7) is 6.92. The molecule has 16 heavy (non-hydrogen) atoms. The molecule has 2 rings (SSSR count). The number of nitrogens with one attached hydrogen (secondary N) is 1. The van der Waals surface area contributed by atoms with Crippen LogP contribution >= 0.6 is 0 Å². The van der Waals surface area contributed by atoms with E-state index >= 15 is 0 Å². The predicted molar refractivity (Wildman–Crippen MR) is 69.8 cm³/mol. The van der Waals surface area contributed by atoms with Crippen LogP contribution in [0.1, 0.15) is 43.7 Å². The van der Waals surface area contributed by atoms with Crippen molar-refractivity contribution < 1.29 is 0 Å². The third kappa shape index (κ3) is 2.46. The van der Waals surface area contributed by atoms with Gasteiger partial charge in [0.25, 0.3) is 0 Å². The van der Waals surface area contributed by atoms with Crippen LogP contribution in [0.3, 0.4) is 0 Å². The Labute approximate surface area is 99.3 Å². The molecule has 0 saturated heterocycles. The highest BCUT2D eigenvalue weighted by Gasteiger charge is 2.24. The predicted octanol–water partition coefficient (Wildman–Crippen LogP) is 3.35. The molecular weight excluding hydrogens is 194 g/mol. The van der Waals surface area contributed by atoms with Gasteiger partial charge in [0, 0.05) is 12.5 Å². The monoisotopic (exact) mass is 217 g/mol. The van der Waals surface area contributed by atoms with Crippen molar-refractivity contribution in [1.29, 1.82) is 0 Å². The normalized spacial score (nSPS) is 18.3. The maximum atomic E-state index is 3.63. The van der Waals surface area contributed by atoms with Gasteiger partial charge in [0.2, 0.25) is 0 Å². The first-order valence-corrected chi connectivity index (χ1v) is 6.63. The molecule has 0 saturated carbocycles. The minimum Gasteiger partial charge on any atom is -0.316 e. The average molecular weight is 217 g/mol. The zero-order chi connectivity index (χ0) is 11.4. The second kappa shape index (κ2) is 5.49. The molecule has 0 aliphatic heterocycles. The molecule has 0 fully saturated rings. The smallest absolute Gasteiger partial charge is 0.00235 e. The van der Waals surface area contributed by atoms with Crippen molar-refractivity contribution in [2.75, 3.05) is 13.1 Å². The Bertz CT molecular complexity index is 328. The van der Waals surface area contributed by atoms with Gasteiger partial charge < -0.3 is 5.32 Å². The van der Waals surface area contributed by atoms with Crippen LogP contribution in [0.15, 0.2) is 24.3 Å². The van der Waals surface area contributed by atoms with Gasteiger partial charge in [-0.05, 0) is 30.0 Å². The van der Waals surface area contributed by atoms with Gasteiger partial charge in [-0.1, -0.05) is 51.0 Å². The molecule has 1 aromatic carbocycles. The van der Waals surface area contributed by atoms with Crippen LogP contribution in [0.2, 0.25) is 0 Å². The fraction of sp³-hybridized carbons (Fsp3) is 0.600. The van der Waals surface area contributed by atoms with Gasteiger partial charge in [-0.3, -0.25) is 0 Å². The van der Waals surface area contributed by atoms with Gasteiger partial charge in [-0.15, -0.1) is 0 Å². The van der Waals surface area contributed by atoms with Crippen LogP contribution in [0, 0.1) is 5.92 Å². The lowest BCUT2D eigenvalue weighted by Crippen LogP contribution is -2.32. The molecule has 1 aliphatic rings. The van der Waals surface area contributed by atoms with Crippen LogP contribution in [0.5, 0.6) is 0 Å². The Morgan fingerprint density at radius 1 is 1.25 bits per heavy atom. The zero-order valence-corrected chi connectivity index (χ0v) is 10.5. The van der Waals surface area contributed by atoms with Gasteiger partial charge in [-0.2, -0.15) is 0 Å². The number of hydrogen-bond acceptors (Lipinski definition) is 1. The molecule has 0 aromatic heterocycles. The van der Waals surface area contributed by atoms with Crippen molar-refractivity contribution in [2.45, 2.75) is 39.0 Å². The fourth-order valence-electron chi connectivity index (χ4n) is 2.58. The highest BCUT2D eigenvalue weighted by molar-refractivity contribution is 5.40. The van der Waals surface area contributed by atoms with Crippen LogP contribution in [0.25, 0.3) is 0 Å². The number of rotatable bonds is 6. The first kappa shape index (κ1) is 11.7. The standard InChI is InChI=1S/C15H23N/c1-3-12(4-2)10-16-11-14-9-13-7-5-6-8-15(13)14/h5-8,12,14,16H,3-4,9-11H2,1-2H3. The first-order valence-electron chi connectivity index (χ1n) is 6.63. The summed E-state index contributed by atoms with van der Waals surface area (Å²) in [6.07, 6.45) is 3.86. The summed E-state index contributed by atoms with van der Waals surface area (Å²) >= 11 is 0. The van der Waals surface area contributed by atoms with Crippen LogP contribution in [0.4, 0.5) is 0 Å². The second-order valence-corrected chi connectivity index (χ2v) is 4.94. The van der Waals surface area contributed by atoms with E-state index in [1.807, 2.05) is 0 Å². The van der Waals surface area contributed by atoms with Gasteiger partial charge in [0.1, 0.15) is 0 Å². The van der Waals surface area contributed by atoms with Crippen molar-refractivity contribution in [2.24, 2.45) is 5.92 Å². The van der Waals surface area contributed by atoms with E-state index in [4.69, 9.17) is 0 Å². The lowest BCUT2D eigenvalue weighted by atomic mass is 9.77. The topological polar surface area (TPSA) is 12.0 Å². The third-order valence-electron chi connectivity index (χ3n) is 3.94. The van der Waals surface area contributed by atoms with E-state index in [0.717, 1.165) is 18.4 Å². The summed E-state index contributed by atoms with van der Waals surface area (Å²) in [5.41, 5.74) is 3.12. The lowest BCUT2D eigenvalue weighted by Gasteiger charge is -2.30. The molecule has 0 amide bonds. The van der Waals surface area contributed by atoms with Crippen molar-refractivity contribution in [1.82, 2.24) is 5.32 Å². The second-order valence-electron chi connectivity index (χ2n) is 4.94. The minimum absolute atomic E-state index is 0.769. The molecule has 1 nitrogen and oxygen atoms in total. The molecule has 0 heterocycles. The largest absolute Gasteiger partial charge is 0.316 e. The van der Waals surface area contributed by atoms with Crippen LogP contribution < -0.4 is 5.32 Å². The summed E-state index contributed by atoms with van der Waals surface area (Å²) in [4.78, 5) is 0. The Morgan fingerprint density at radius 3 is 2.69 bits per heavy atom. The summed E-state index contributed by atoms with van der Waals surface area (Å²) in [7, 11) is 0. The SMILES string of the molecule is CCC(CC)CNCC1Cc2ccccc21. The van der Waals surface area contributed by atoms with E-state index < -0.39 is 0 Å². The average Bonchev–Trinajstić information content (AvgIpc) is 2.30. The Hall–Kier alpha value is -0.820. The molecule has 0 radical (unpaired) electrons. The molecule has 1 aliphatic carbocycles. The minimum atomic E-state index is 0.769. The Balaban J connectivity index is 1.74. The number of benzene rings is 1. The maximum absolute atomic E-state index is 3.63. The van der Waals surface area contributed by atoms with Crippen molar-refractivity contribution in [3.8, 4) is 0 Å². The summed E-state index contributed by atoms with van der Waals surface area (Å²) in [5, 5.41) is 3.63. The number of fused-ring (bicyclic) bond motifs is 1. The Kier molecular flexibility index (Phi) is 4.00. The van der Waals surface area contributed by atoms with E-state index in [9.17, 15) is 0 Å². The van der Waals surface area contributed by atoms with Crippen LogP contribution in [-0.4, -0.2) is 13.1 Å². The molecule has 1 aromatic rings. The molecule has 1 atom stereocenters. The van der Waals surface area contributed by atoms with Crippen molar-refractivity contribution in [3.63, 3.8) is 0 Å². The zero-order valence-electron chi connectivity index (χ0n) is 10.5. The first-order chi connectivity index (χ1) is 7.85. The summed E-state index contributed by atoms with van der Waals surface area (Å²) in [6, 6.07) is 8.84. The molecular formula is C15H23N. The van der Waals surface area contributed by atoms with E-state index in [2.05, 4.69) is 43.4 Å². The Morgan fingerprint density at radius 2 is 2.00 bits per heavy atom. The fourth-order valence-corrected chi connectivity index (χ4v) is 2.58. The van der Waals surface area contributed by atoms with Crippen molar-refractivity contribution >= 4 is 0 Å². The van der Waals surface area contributed by atoms with Crippen molar-refractivity contribution in [3.05, 3.63) is 35.4 Å². The van der Waals surface area contributed by atoms with E-state index in [0.29, 0.717) is 0 Å². The van der Waals surface area contributed by atoms with Gasteiger partial charge in [0.15, 0.2) is 0 Å². The summed E-state index contributed by atoms with van der Waals surface area (Å²) in [5.74, 6) is 1.63. The maximum Gasteiger partial charge on any atom is 0.00235 e. The highest BCUT2D eigenvalue weighted by atomic mass is 14.9. The molecule has 1 heteroatoms. The molecule has 1 unspecified atom stereocenters. The van der Waals surface area contributed by atoms with E-state index in [1.165, 1.54) is 25.8 Å². The lowest BCUT2D eigenvalue weighted by molar-refractivity contribution is 0.429. The quantitative estimate of drug-likeness (QED) is 0.770. The molecule has 0 spiro atoms. The summed E-state index contributed by atoms with van der Waals surface area (Å²) < 4.78 is 0. The molecule has 1 N–H and O–H groups in total. The van der Waals surface area contributed by atoms with Gasteiger partial charge in [0.05, 0.1) is 0 Å².